The van der Waals surface area contributed by atoms with Gasteiger partial charge in [-0.15, -0.1) is 0 Å². The SMILES string of the molecule is CC1CC(C)N(C(=O)c2ccc(F)cc2C#CCCO)C1. The zero-order valence-electron chi connectivity index (χ0n) is 12.4. The number of amides is 1. The summed E-state index contributed by atoms with van der Waals surface area (Å²) in [7, 11) is 0. The Bertz CT molecular complexity index is 588. The van der Waals surface area contributed by atoms with Gasteiger partial charge >= 0.3 is 0 Å². The van der Waals surface area contributed by atoms with Crippen LogP contribution in [0.5, 0.6) is 0 Å². The summed E-state index contributed by atoms with van der Waals surface area (Å²) in [6.07, 6.45) is 1.29. The van der Waals surface area contributed by atoms with Crippen LogP contribution in [0.2, 0.25) is 0 Å². The lowest BCUT2D eigenvalue weighted by molar-refractivity contribution is 0.0743. The third-order valence-electron chi connectivity index (χ3n) is 3.72. The van der Waals surface area contributed by atoms with Gasteiger partial charge in [-0.1, -0.05) is 18.8 Å². The smallest absolute Gasteiger partial charge is 0.255 e. The van der Waals surface area contributed by atoms with Gasteiger partial charge in [-0.2, -0.15) is 0 Å². The number of nitrogens with zero attached hydrogens (tertiary/aromatic N) is 1. The molecule has 1 N–H and O–H groups in total. The minimum absolute atomic E-state index is 0.0493. The molecule has 3 nitrogen and oxygen atoms in total. The fourth-order valence-corrected chi connectivity index (χ4v) is 2.76. The van der Waals surface area contributed by atoms with Gasteiger partial charge in [-0.05, 0) is 37.5 Å². The van der Waals surface area contributed by atoms with Crippen LogP contribution in [0.25, 0.3) is 0 Å². The van der Waals surface area contributed by atoms with Gasteiger partial charge < -0.3 is 10.0 Å². The number of carbonyl (C=O) groups is 1. The van der Waals surface area contributed by atoms with Crippen LogP contribution < -0.4 is 0 Å². The quantitative estimate of drug-likeness (QED) is 0.850. The predicted octanol–water partition coefficient (Wildman–Crippen LogP) is 2.43. The Labute approximate surface area is 124 Å². The van der Waals surface area contributed by atoms with Crippen molar-refractivity contribution in [1.82, 2.24) is 4.90 Å². The fraction of sp³-hybridized carbons (Fsp3) is 0.471. The summed E-state index contributed by atoms with van der Waals surface area (Å²) in [6.45, 7) is 4.82. The third kappa shape index (κ3) is 3.62. The maximum atomic E-state index is 13.4. The topological polar surface area (TPSA) is 40.5 Å². The highest BCUT2D eigenvalue weighted by molar-refractivity contribution is 5.97. The molecule has 1 aromatic carbocycles. The highest BCUT2D eigenvalue weighted by atomic mass is 19.1. The molecule has 0 saturated carbocycles. The van der Waals surface area contributed by atoms with Crippen LogP contribution in [0.4, 0.5) is 4.39 Å². The first-order chi connectivity index (χ1) is 10.0. The molecule has 1 aromatic rings. The molecule has 0 aliphatic carbocycles. The largest absolute Gasteiger partial charge is 0.395 e. The van der Waals surface area contributed by atoms with Gasteiger partial charge in [0, 0.05) is 24.6 Å². The molecule has 1 heterocycles. The van der Waals surface area contributed by atoms with Crippen molar-refractivity contribution in [2.75, 3.05) is 13.2 Å². The summed E-state index contributed by atoms with van der Waals surface area (Å²) in [5.41, 5.74) is 0.822. The van der Waals surface area contributed by atoms with Crippen molar-refractivity contribution in [2.24, 2.45) is 5.92 Å². The first-order valence-corrected chi connectivity index (χ1v) is 7.23. The molecule has 21 heavy (non-hydrogen) atoms. The zero-order valence-corrected chi connectivity index (χ0v) is 12.4. The van der Waals surface area contributed by atoms with Crippen molar-refractivity contribution in [3.05, 3.63) is 35.1 Å². The van der Waals surface area contributed by atoms with E-state index in [1.165, 1.54) is 18.2 Å². The van der Waals surface area contributed by atoms with E-state index in [1.807, 2.05) is 11.8 Å². The first-order valence-electron chi connectivity index (χ1n) is 7.23. The van der Waals surface area contributed by atoms with Crippen molar-refractivity contribution in [2.45, 2.75) is 32.7 Å². The second-order valence-corrected chi connectivity index (χ2v) is 5.61. The summed E-state index contributed by atoms with van der Waals surface area (Å²) in [4.78, 5) is 14.5. The van der Waals surface area contributed by atoms with Crippen LogP contribution >= 0.6 is 0 Å². The Morgan fingerprint density at radius 1 is 1.48 bits per heavy atom. The van der Waals surface area contributed by atoms with Crippen LogP contribution in [-0.2, 0) is 0 Å². The number of aliphatic hydroxyl groups is 1. The Kier molecular flexibility index (Phi) is 4.98. The molecular formula is C17H20FNO2. The van der Waals surface area contributed by atoms with Gasteiger partial charge in [-0.25, -0.2) is 4.39 Å². The van der Waals surface area contributed by atoms with Crippen LogP contribution in [0.3, 0.4) is 0 Å². The molecular weight excluding hydrogens is 269 g/mol. The van der Waals surface area contributed by atoms with Crippen molar-refractivity contribution in [3.63, 3.8) is 0 Å². The van der Waals surface area contributed by atoms with E-state index < -0.39 is 5.82 Å². The molecule has 1 fully saturated rings. The number of hydrogen-bond acceptors (Lipinski definition) is 2. The average Bonchev–Trinajstić information content (AvgIpc) is 2.77. The van der Waals surface area contributed by atoms with Crippen LogP contribution in [0, 0.1) is 23.6 Å². The number of aliphatic hydroxyl groups excluding tert-OH is 1. The molecule has 1 aliphatic rings. The zero-order chi connectivity index (χ0) is 15.4. The molecule has 2 rings (SSSR count). The summed E-state index contributed by atoms with van der Waals surface area (Å²) >= 11 is 0. The highest BCUT2D eigenvalue weighted by Gasteiger charge is 2.31. The normalized spacial score (nSPS) is 21.0. The number of likely N-dealkylation sites (tertiary alicyclic amines) is 1. The molecule has 0 bridgehead atoms. The van der Waals surface area contributed by atoms with E-state index >= 15 is 0 Å². The first kappa shape index (κ1) is 15.5. The van der Waals surface area contributed by atoms with Crippen LogP contribution in [-0.4, -0.2) is 35.1 Å². The fourth-order valence-electron chi connectivity index (χ4n) is 2.76. The summed E-state index contributed by atoms with van der Waals surface area (Å²) in [5.74, 6) is 5.50. The number of rotatable bonds is 2. The summed E-state index contributed by atoms with van der Waals surface area (Å²) < 4.78 is 13.4. The maximum Gasteiger partial charge on any atom is 0.255 e. The van der Waals surface area contributed by atoms with E-state index in [0.29, 0.717) is 23.5 Å². The average molecular weight is 289 g/mol. The van der Waals surface area contributed by atoms with Gasteiger partial charge in [0.25, 0.3) is 5.91 Å². The summed E-state index contributed by atoms with van der Waals surface area (Å²) in [6, 6.07) is 4.25. The lowest BCUT2D eigenvalue weighted by Gasteiger charge is -2.22. The Morgan fingerprint density at radius 3 is 2.86 bits per heavy atom. The molecule has 1 saturated heterocycles. The molecule has 4 heteroatoms. The molecule has 0 aromatic heterocycles. The molecule has 1 amide bonds. The summed E-state index contributed by atoms with van der Waals surface area (Å²) in [5, 5.41) is 8.76. The van der Waals surface area contributed by atoms with Gasteiger partial charge in [0.2, 0.25) is 0 Å². The predicted molar refractivity (Wildman–Crippen MR) is 79.3 cm³/mol. The van der Waals surface area contributed by atoms with E-state index in [0.717, 1.165) is 13.0 Å². The molecule has 1 aliphatic heterocycles. The molecule has 112 valence electrons. The van der Waals surface area contributed by atoms with Crippen molar-refractivity contribution in [3.8, 4) is 11.8 Å². The van der Waals surface area contributed by atoms with Gasteiger partial charge in [0.1, 0.15) is 5.82 Å². The van der Waals surface area contributed by atoms with E-state index in [4.69, 9.17) is 5.11 Å². The van der Waals surface area contributed by atoms with E-state index in [1.54, 1.807) is 0 Å². The minimum atomic E-state index is -0.414. The maximum absolute atomic E-state index is 13.4. The van der Waals surface area contributed by atoms with E-state index in [9.17, 15) is 9.18 Å². The molecule has 0 radical (unpaired) electrons. The molecule has 2 unspecified atom stereocenters. The number of hydrogen-bond donors (Lipinski definition) is 1. The minimum Gasteiger partial charge on any atom is -0.395 e. The molecule has 2 atom stereocenters. The second kappa shape index (κ2) is 6.73. The van der Waals surface area contributed by atoms with E-state index in [-0.39, 0.29) is 18.6 Å². The second-order valence-electron chi connectivity index (χ2n) is 5.61. The third-order valence-corrected chi connectivity index (χ3v) is 3.72. The lowest BCUT2D eigenvalue weighted by Crippen LogP contribution is -2.34. The van der Waals surface area contributed by atoms with Crippen molar-refractivity contribution < 1.29 is 14.3 Å². The van der Waals surface area contributed by atoms with Crippen LogP contribution in [0.15, 0.2) is 18.2 Å². The standard InChI is InChI=1S/C17H20FNO2/c1-12-9-13(2)19(11-12)17(21)16-7-6-15(18)10-14(16)5-3-4-8-20/h6-7,10,12-13,20H,4,8-9,11H2,1-2H3. The van der Waals surface area contributed by atoms with Crippen molar-refractivity contribution in [1.29, 1.82) is 0 Å². The molecule has 0 spiro atoms. The number of carbonyl (C=O) groups excluding carboxylic acids is 1. The number of halogens is 1. The van der Waals surface area contributed by atoms with Gasteiger partial charge in [0.05, 0.1) is 12.2 Å². The van der Waals surface area contributed by atoms with Gasteiger partial charge in [0.15, 0.2) is 0 Å². The van der Waals surface area contributed by atoms with E-state index in [2.05, 4.69) is 18.8 Å². The van der Waals surface area contributed by atoms with Gasteiger partial charge in [-0.3, -0.25) is 4.79 Å². The number of benzene rings is 1. The van der Waals surface area contributed by atoms with Crippen molar-refractivity contribution >= 4 is 5.91 Å². The Hall–Kier alpha value is -1.86. The highest BCUT2D eigenvalue weighted by Crippen LogP contribution is 2.25. The van der Waals surface area contributed by atoms with Crippen LogP contribution in [0.1, 0.15) is 42.6 Å². The Balaban J connectivity index is 2.31. The monoisotopic (exact) mass is 289 g/mol. The lowest BCUT2D eigenvalue weighted by atomic mass is 10.1. The Morgan fingerprint density at radius 2 is 2.24 bits per heavy atom.